The Morgan fingerprint density at radius 3 is 2.76 bits per heavy atom. The quantitative estimate of drug-likeness (QED) is 0.836. The van der Waals surface area contributed by atoms with Gasteiger partial charge in [-0.15, -0.1) is 0 Å². The Balaban J connectivity index is 1.80. The number of hydrogen-bond donors (Lipinski definition) is 2. The minimum absolute atomic E-state index is 0.304. The molecule has 1 aliphatic carbocycles. The molecule has 0 aliphatic heterocycles. The normalized spacial score (nSPS) is 17.1. The molecule has 0 spiro atoms. The van der Waals surface area contributed by atoms with Gasteiger partial charge in [0.25, 0.3) is 0 Å². The average molecular weight is 298 g/mol. The molecule has 0 saturated heterocycles. The Morgan fingerprint density at radius 1 is 1.41 bits per heavy atom. The Hall–Kier alpha value is -0.540. The first-order valence-electron chi connectivity index (χ1n) is 6.33. The number of phenolic OH excluding ortho intramolecular Hbond substituents is 1. The van der Waals surface area contributed by atoms with Crippen LogP contribution < -0.4 is 5.32 Å². The third-order valence-electron chi connectivity index (χ3n) is 3.58. The van der Waals surface area contributed by atoms with E-state index in [1.165, 1.54) is 31.2 Å². The maximum absolute atomic E-state index is 9.41. The van der Waals surface area contributed by atoms with Gasteiger partial charge in [-0.05, 0) is 58.3 Å². The number of nitrogens with one attached hydrogen (secondary N) is 1. The summed E-state index contributed by atoms with van der Waals surface area (Å²) >= 11 is 3.34. The van der Waals surface area contributed by atoms with Gasteiger partial charge in [0.2, 0.25) is 0 Å². The number of halogens is 1. The molecule has 0 aromatic heterocycles. The van der Waals surface area contributed by atoms with Crippen LogP contribution in [0.4, 0.5) is 0 Å². The number of aromatic hydroxyl groups is 1. The molecular weight excluding hydrogens is 278 g/mol. The van der Waals surface area contributed by atoms with E-state index in [2.05, 4.69) is 28.2 Å². The van der Waals surface area contributed by atoms with Crippen LogP contribution in [0.3, 0.4) is 0 Å². The molecule has 2 rings (SSSR count). The first-order chi connectivity index (χ1) is 8.15. The number of benzene rings is 1. The monoisotopic (exact) mass is 297 g/mol. The minimum Gasteiger partial charge on any atom is -0.507 e. The van der Waals surface area contributed by atoms with Gasteiger partial charge in [0.05, 0.1) is 4.47 Å². The fraction of sp³-hybridized carbons (Fsp3) is 0.571. The van der Waals surface area contributed by atoms with Crippen molar-refractivity contribution in [2.75, 3.05) is 6.54 Å². The van der Waals surface area contributed by atoms with E-state index in [4.69, 9.17) is 0 Å². The molecule has 1 fully saturated rings. The molecule has 17 heavy (non-hydrogen) atoms. The van der Waals surface area contributed by atoms with Crippen LogP contribution in [0.5, 0.6) is 5.75 Å². The second kappa shape index (κ2) is 5.40. The summed E-state index contributed by atoms with van der Waals surface area (Å²) in [6.07, 6.45) is 5.39. The van der Waals surface area contributed by atoms with Crippen LogP contribution in [0.25, 0.3) is 0 Å². The van der Waals surface area contributed by atoms with Crippen LogP contribution in [0.1, 0.15) is 38.2 Å². The predicted molar refractivity (Wildman–Crippen MR) is 74.1 cm³/mol. The van der Waals surface area contributed by atoms with Gasteiger partial charge < -0.3 is 10.4 Å². The van der Waals surface area contributed by atoms with Gasteiger partial charge in [0.15, 0.2) is 0 Å². The van der Waals surface area contributed by atoms with E-state index >= 15 is 0 Å². The molecule has 2 N–H and O–H groups in total. The fourth-order valence-electron chi connectivity index (χ4n) is 2.35. The lowest BCUT2D eigenvalue weighted by atomic mass is 10.0. The number of phenols is 1. The topological polar surface area (TPSA) is 32.3 Å². The molecule has 3 heteroatoms. The standard InChI is InChI=1S/C14H20BrNO/c1-2-5-14(6-7-14)10-16-9-11-3-4-13(17)12(15)8-11/h3-4,8,16-17H,2,5-7,9-10H2,1H3. The van der Waals surface area contributed by atoms with Gasteiger partial charge in [0.1, 0.15) is 5.75 Å². The summed E-state index contributed by atoms with van der Waals surface area (Å²) in [5, 5.41) is 12.9. The molecule has 94 valence electrons. The molecule has 0 radical (unpaired) electrons. The summed E-state index contributed by atoms with van der Waals surface area (Å²) in [6.45, 7) is 4.26. The maximum Gasteiger partial charge on any atom is 0.129 e. The van der Waals surface area contributed by atoms with Gasteiger partial charge in [0, 0.05) is 13.1 Å². The van der Waals surface area contributed by atoms with E-state index in [1.54, 1.807) is 6.07 Å². The lowest BCUT2D eigenvalue weighted by Crippen LogP contribution is -2.23. The van der Waals surface area contributed by atoms with Crippen LogP contribution >= 0.6 is 15.9 Å². The molecule has 0 amide bonds. The summed E-state index contributed by atoms with van der Waals surface area (Å²) in [5.74, 6) is 0.304. The van der Waals surface area contributed by atoms with E-state index in [0.717, 1.165) is 17.6 Å². The summed E-state index contributed by atoms with van der Waals surface area (Å²) in [7, 11) is 0. The largest absolute Gasteiger partial charge is 0.507 e. The third kappa shape index (κ3) is 3.46. The van der Waals surface area contributed by atoms with Crippen molar-refractivity contribution in [2.24, 2.45) is 5.41 Å². The first-order valence-corrected chi connectivity index (χ1v) is 7.13. The summed E-state index contributed by atoms with van der Waals surface area (Å²) in [4.78, 5) is 0. The van der Waals surface area contributed by atoms with Crippen molar-refractivity contribution in [1.29, 1.82) is 0 Å². The summed E-state index contributed by atoms with van der Waals surface area (Å²) < 4.78 is 0.770. The second-order valence-corrected chi connectivity index (χ2v) is 5.99. The lowest BCUT2D eigenvalue weighted by molar-refractivity contribution is 0.420. The van der Waals surface area contributed by atoms with Crippen LogP contribution in [0.2, 0.25) is 0 Å². The highest BCUT2D eigenvalue weighted by atomic mass is 79.9. The molecule has 1 saturated carbocycles. The van der Waals surface area contributed by atoms with Crippen LogP contribution in [-0.2, 0) is 6.54 Å². The first kappa shape index (κ1) is 12.9. The molecule has 0 atom stereocenters. The van der Waals surface area contributed by atoms with Crippen molar-refractivity contribution in [3.8, 4) is 5.75 Å². The number of hydrogen-bond acceptors (Lipinski definition) is 2. The lowest BCUT2D eigenvalue weighted by Gasteiger charge is -2.15. The number of rotatable bonds is 6. The van der Waals surface area contributed by atoms with Crippen molar-refractivity contribution >= 4 is 15.9 Å². The maximum atomic E-state index is 9.41. The molecule has 0 heterocycles. The summed E-state index contributed by atoms with van der Waals surface area (Å²) in [6, 6.07) is 5.67. The van der Waals surface area contributed by atoms with Gasteiger partial charge in [-0.3, -0.25) is 0 Å². The smallest absolute Gasteiger partial charge is 0.129 e. The van der Waals surface area contributed by atoms with Gasteiger partial charge in [-0.1, -0.05) is 19.4 Å². The Morgan fingerprint density at radius 2 is 2.18 bits per heavy atom. The highest BCUT2D eigenvalue weighted by molar-refractivity contribution is 9.10. The molecule has 0 bridgehead atoms. The Labute approximate surface area is 112 Å². The van der Waals surface area contributed by atoms with Crippen LogP contribution in [0.15, 0.2) is 22.7 Å². The zero-order valence-corrected chi connectivity index (χ0v) is 11.9. The Kier molecular flexibility index (Phi) is 4.10. The third-order valence-corrected chi connectivity index (χ3v) is 4.21. The highest BCUT2D eigenvalue weighted by Gasteiger charge is 2.40. The van der Waals surface area contributed by atoms with E-state index in [-0.39, 0.29) is 0 Å². The molecular formula is C14H20BrNO. The average Bonchev–Trinajstić information content (AvgIpc) is 3.04. The molecule has 1 aliphatic rings. The van der Waals surface area contributed by atoms with E-state index in [9.17, 15) is 5.11 Å². The predicted octanol–water partition coefficient (Wildman–Crippen LogP) is 3.82. The minimum atomic E-state index is 0.304. The van der Waals surface area contributed by atoms with Crippen LogP contribution in [0, 0.1) is 5.41 Å². The zero-order valence-electron chi connectivity index (χ0n) is 10.3. The molecule has 1 aromatic carbocycles. The zero-order chi connectivity index (χ0) is 12.3. The van der Waals surface area contributed by atoms with Crippen molar-refractivity contribution in [1.82, 2.24) is 5.32 Å². The van der Waals surface area contributed by atoms with Crippen molar-refractivity contribution in [2.45, 2.75) is 39.2 Å². The molecule has 0 unspecified atom stereocenters. The van der Waals surface area contributed by atoms with Gasteiger partial charge in [-0.25, -0.2) is 0 Å². The van der Waals surface area contributed by atoms with Gasteiger partial charge in [-0.2, -0.15) is 0 Å². The molecule has 2 nitrogen and oxygen atoms in total. The highest BCUT2D eigenvalue weighted by Crippen LogP contribution is 2.48. The second-order valence-electron chi connectivity index (χ2n) is 5.14. The van der Waals surface area contributed by atoms with Gasteiger partial charge >= 0.3 is 0 Å². The van der Waals surface area contributed by atoms with E-state index in [0.29, 0.717) is 11.2 Å². The van der Waals surface area contributed by atoms with Crippen LogP contribution in [-0.4, -0.2) is 11.7 Å². The fourth-order valence-corrected chi connectivity index (χ4v) is 2.78. The van der Waals surface area contributed by atoms with Crippen molar-refractivity contribution < 1.29 is 5.11 Å². The van der Waals surface area contributed by atoms with Crippen molar-refractivity contribution in [3.63, 3.8) is 0 Å². The van der Waals surface area contributed by atoms with E-state index < -0.39 is 0 Å². The van der Waals surface area contributed by atoms with E-state index in [1.807, 2.05) is 12.1 Å². The Bertz CT molecular complexity index is 388. The SMILES string of the molecule is CCCC1(CNCc2ccc(O)c(Br)c2)CC1. The molecule has 1 aromatic rings. The summed E-state index contributed by atoms with van der Waals surface area (Å²) in [5.41, 5.74) is 1.81. The van der Waals surface area contributed by atoms with Crippen molar-refractivity contribution in [3.05, 3.63) is 28.2 Å².